The van der Waals surface area contributed by atoms with Crippen molar-refractivity contribution >= 4 is 23.4 Å². The number of ketones is 1. The molecule has 0 heterocycles. The Morgan fingerprint density at radius 2 is 1.45 bits per heavy atom. The zero-order chi connectivity index (χ0) is 22.9. The summed E-state index contributed by atoms with van der Waals surface area (Å²) in [6, 6.07) is 14.1. The predicted octanol–water partition coefficient (Wildman–Crippen LogP) is 4.61. The summed E-state index contributed by atoms with van der Waals surface area (Å²) in [6.45, 7) is 6.72. The molecule has 1 atom stereocenters. The van der Waals surface area contributed by atoms with Crippen molar-refractivity contribution in [3.8, 4) is 0 Å². The molecule has 1 aliphatic carbocycles. The maximum absolute atomic E-state index is 14.4. The van der Waals surface area contributed by atoms with Gasteiger partial charge in [0, 0.05) is 11.1 Å². The van der Waals surface area contributed by atoms with Crippen molar-refractivity contribution in [1.29, 1.82) is 0 Å². The molecule has 2 aromatic rings. The molecule has 1 aliphatic rings. The van der Waals surface area contributed by atoms with Crippen LogP contribution in [0.3, 0.4) is 0 Å². The van der Waals surface area contributed by atoms with E-state index in [2.05, 4.69) is 4.72 Å². The van der Waals surface area contributed by atoms with Gasteiger partial charge in [-0.15, -0.1) is 0 Å². The minimum atomic E-state index is -4.24. The van der Waals surface area contributed by atoms with E-state index in [-0.39, 0.29) is 21.8 Å². The lowest BCUT2D eigenvalue weighted by Crippen LogP contribution is -2.47. The monoisotopic (exact) mass is 463 g/mol. The second kappa shape index (κ2) is 8.81. The van der Waals surface area contributed by atoms with Gasteiger partial charge in [0.25, 0.3) is 0 Å². The molecule has 1 unspecified atom stereocenters. The maximum Gasteiger partial charge on any atom is 0.360 e. The molecule has 0 spiro atoms. The molecule has 0 saturated carbocycles. The van der Waals surface area contributed by atoms with E-state index in [4.69, 9.17) is 9.05 Å². The summed E-state index contributed by atoms with van der Waals surface area (Å²) in [6.07, 6.45) is 1.40. The molecular weight excluding hydrogens is 437 g/mol. The number of carbonyl (C=O) groups excluding carboxylic acids is 1. The van der Waals surface area contributed by atoms with Crippen LogP contribution in [-0.4, -0.2) is 26.4 Å². The first-order valence-electron chi connectivity index (χ1n) is 9.90. The van der Waals surface area contributed by atoms with Crippen molar-refractivity contribution in [2.45, 2.75) is 50.1 Å². The van der Waals surface area contributed by atoms with E-state index < -0.39 is 35.1 Å². The van der Waals surface area contributed by atoms with E-state index >= 15 is 0 Å². The minimum absolute atomic E-state index is 0.0159. The lowest BCUT2D eigenvalue weighted by Gasteiger charge is -2.41. The third kappa shape index (κ3) is 4.59. The Labute approximate surface area is 183 Å². The molecule has 0 aliphatic heterocycles. The Bertz CT molecular complexity index is 1130. The van der Waals surface area contributed by atoms with E-state index in [0.29, 0.717) is 0 Å². The van der Waals surface area contributed by atoms with E-state index in [1.807, 2.05) is 0 Å². The highest BCUT2D eigenvalue weighted by atomic mass is 32.2. The van der Waals surface area contributed by atoms with Crippen LogP contribution in [0, 0.1) is 0 Å². The van der Waals surface area contributed by atoms with Crippen LogP contribution in [0.2, 0.25) is 0 Å². The van der Waals surface area contributed by atoms with Crippen LogP contribution in [0.1, 0.15) is 43.6 Å². The van der Waals surface area contributed by atoms with Crippen LogP contribution in [0.15, 0.2) is 71.6 Å². The minimum Gasteiger partial charge on any atom is -0.304 e. The van der Waals surface area contributed by atoms with Crippen molar-refractivity contribution in [1.82, 2.24) is 4.72 Å². The summed E-state index contributed by atoms with van der Waals surface area (Å²) >= 11 is 0. The fraction of sp³-hybridized carbons (Fsp3) is 0.318. The van der Waals surface area contributed by atoms with Gasteiger partial charge in [0.05, 0.1) is 17.1 Å². The van der Waals surface area contributed by atoms with Crippen LogP contribution in [0.25, 0.3) is 0 Å². The summed E-state index contributed by atoms with van der Waals surface area (Å²) < 4.78 is 55.3. The molecule has 166 valence electrons. The molecule has 9 heteroatoms. The molecule has 3 rings (SSSR count). The lowest BCUT2D eigenvalue weighted by molar-refractivity contribution is 0.103. The quantitative estimate of drug-likeness (QED) is 0.574. The van der Waals surface area contributed by atoms with E-state index in [9.17, 15) is 17.8 Å². The average molecular weight is 463 g/mol. The van der Waals surface area contributed by atoms with E-state index in [0.717, 1.165) is 0 Å². The molecule has 2 aromatic carbocycles. The summed E-state index contributed by atoms with van der Waals surface area (Å²) in [7, 11) is -8.42. The summed E-state index contributed by atoms with van der Waals surface area (Å²) in [4.78, 5) is 12.5. The number of hydrogen-bond donors (Lipinski definition) is 1. The van der Waals surface area contributed by atoms with Gasteiger partial charge in [0.1, 0.15) is 0 Å². The normalized spacial score (nSPS) is 19.1. The van der Waals surface area contributed by atoms with Crippen LogP contribution >= 0.6 is 7.60 Å². The van der Waals surface area contributed by atoms with Gasteiger partial charge in [-0.2, -0.15) is 4.72 Å². The highest BCUT2D eigenvalue weighted by Crippen LogP contribution is 2.67. The van der Waals surface area contributed by atoms with Gasteiger partial charge < -0.3 is 9.05 Å². The van der Waals surface area contributed by atoms with Gasteiger partial charge in [-0.3, -0.25) is 9.36 Å². The SMILES string of the molecule is CC(C)OP(=O)(OC(C)C)C1(NS(=O)(=O)c2ccccc2)C=CC(=O)c2ccccc21. The zero-order valence-electron chi connectivity index (χ0n) is 17.8. The van der Waals surface area contributed by atoms with Gasteiger partial charge in [-0.25, -0.2) is 8.42 Å². The summed E-state index contributed by atoms with van der Waals surface area (Å²) in [5, 5.41) is -1.93. The Morgan fingerprint density at radius 1 is 0.903 bits per heavy atom. The van der Waals surface area contributed by atoms with Gasteiger partial charge >= 0.3 is 7.60 Å². The zero-order valence-corrected chi connectivity index (χ0v) is 19.5. The number of rotatable bonds is 8. The topological polar surface area (TPSA) is 98.8 Å². The number of sulfonamides is 1. The first-order valence-corrected chi connectivity index (χ1v) is 12.9. The Morgan fingerprint density at radius 3 is 2.03 bits per heavy atom. The number of hydrogen-bond acceptors (Lipinski definition) is 6. The van der Waals surface area contributed by atoms with E-state index in [1.54, 1.807) is 70.2 Å². The van der Waals surface area contributed by atoms with Crippen molar-refractivity contribution in [3.63, 3.8) is 0 Å². The fourth-order valence-electron chi connectivity index (χ4n) is 3.40. The second-order valence-corrected chi connectivity index (χ2v) is 11.5. The van der Waals surface area contributed by atoms with Gasteiger partial charge in [0.15, 0.2) is 11.1 Å². The second-order valence-electron chi connectivity index (χ2n) is 7.73. The van der Waals surface area contributed by atoms with Crippen LogP contribution in [0.5, 0.6) is 0 Å². The molecule has 0 saturated heterocycles. The molecule has 0 aromatic heterocycles. The van der Waals surface area contributed by atoms with Crippen molar-refractivity contribution < 1.29 is 26.8 Å². The maximum atomic E-state index is 14.4. The highest BCUT2D eigenvalue weighted by molar-refractivity contribution is 7.90. The fourth-order valence-corrected chi connectivity index (χ4v) is 7.67. The Balaban J connectivity index is 2.31. The van der Waals surface area contributed by atoms with Gasteiger partial charge in [-0.05, 0) is 52.0 Å². The number of allylic oxidation sites excluding steroid dienone is 1. The average Bonchev–Trinajstić information content (AvgIpc) is 2.69. The molecule has 0 fully saturated rings. The van der Waals surface area contributed by atoms with Gasteiger partial charge in [0.2, 0.25) is 10.0 Å². The first-order chi connectivity index (χ1) is 14.5. The number of nitrogens with one attached hydrogen (secondary N) is 1. The largest absolute Gasteiger partial charge is 0.360 e. The third-order valence-electron chi connectivity index (χ3n) is 4.55. The predicted molar refractivity (Wildman–Crippen MR) is 118 cm³/mol. The number of benzene rings is 2. The van der Waals surface area contributed by atoms with Crippen molar-refractivity contribution in [3.05, 3.63) is 77.9 Å². The smallest absolute Gasteiger partial charge is 0.304 e. The summed E-state index contributed by atoms with van der Waals surface area (Å²) in [5.41, 5.74) is 0.437. The molecule has 1 N–H and O–H groups in total. The Kier molecular flexibility index (Phi) is 6.69. The van der Waals surface area contributed by atoms with E-state index in [1.165, 1.54) is 24.3 Å². The van der Waals surface area contributed by atoms with Crippen molar-refractivity contribution in [2.75, 3.05) is 0 Å². The molecular formula is C22H26NO6PS. The van der Waals surface area contributed by atoms with Gasteiger partial charge in [-0.1, -0.05) is 42.5 Å². The number of carbonyl (C=O) groups is 1. The van der Waals surface area contributed by atoms with Crippen LogP contribution in [0.4, 0.5) is 0 Å². The molecule has 0 amide bonds. The Hall–Kier alpha value is -2.09. The van der Waals surface area contributed by atoms with Crippen molar-refractivity contribution in [2.24, 2.45) is 0 Å². The number of fused-ring (bicyclic) bond motifs is 1. The molecule has 0 radical (unpaired) electrons. The van der Waals surface area contributed by atoms with Crippen LogP contribution < -0.4 is 4.72 Å². The third-order valence-corrected chi connectivity index (χ3v) is 8.95. The molecule has 31 heavy (non-hydrogen) atoms. The summed E-state index contributed by atoms with van der Waals surface area (Å²) in [5.74, 6) is -0.328. The standard InChI is InChI=1S/C22H26NO6PS/c1-16(2)28-30(25,29-17(3)4)22(23-31(26,27)18-10-6-5-7-11-18)15-14-21(24)19-12-8-9-13-20(19)22/h5-17,23H,1-4H3. The first kappa shape index (κ1) is 23.6. The molecule has 7 nitrogen and oxygen atoms in total. The molecule has 0 bridgehead atoms. The van der Waals surface area contributed by atoms with Crippen LogP contribution in [-0.2, 0) is 28.9 Å². The highest BCUT2D eigenvalue weighted by Gasteiger charge is 2.56. The lowest BCUT2D eigenvalue weighted by atomic mass is 9.92.